The van der Waals surface area contributed by atoms with Crippen molar-refractivity contribution >= 4 is 29.5 Å². The summed E-state index contributed by atoms with van der Waals surface area (Å²) in [5.41, 5.74) is 0. The number of ketones is 1. The van der Waals surface area contributed by atoms with Crippen molar-refractivity contribution < 1.29 is 23.9 Å². The monoisotopic (exact) mass is 415 g/mol. The fraction of sp³-hybridized carbons (Fsp3) is 0.857. The summed E-state index contributed by atoms with van der Waals surface area (Å²) in [6, 6.07) is -0.371. The number of rotatable bonds is 15. The molecule has 0 aromatic carbocycles. The van der Waals surface area contributed by atoms with E-state index >= 15 is 0 Å². The molecule has 1 saturated carbocycles. The first-order chi connectivity index (χ1) is 13.6. The van der Waals surface area contributed by atoms with Gasteiger partial charge in [0.1, 0.15) is 11.8 Å². The number of Topliss-reactive ketones (excluding diaryl/α,β-unsaturated/α-hetero) is 1. The number of nitrogens with one attached hydrogen (secondary N) is 1. The van der Waals surface area contributed by atoms with E-state index < -0.39 is 0 Å². The highest BCUT2D eigenvalue weighted by atomic mass is 32.2. The maximum Gasteiger partial charge on any atom is 0.323 e. The molecule has 1 atom stereocenters. The van der Waals surface area contributed by atoms with Gasteiger partial charge < -0.3 is 14.8 Å². The van der Waals surface area contributed by atoms with Crippen molar-refractivity contribution in [1.82, 2.24) is 5.32 Å². The summed E-state index contributed by atoms with van der Waals surface area (Å²) in [5, 5.41) is 3.22. The van der Waals surface area contributed by atoms with Crippen molar-refractivity contribution in [2.75, 3.05) is 31.3 Å². The van der Waals surface area contributed by atoms with E-state index in [9.17, 15) is 14.4 Å². The summed E-state index contributed by atoms with van der Waals surface area (Å²) in [6.45, 7) is 4.89. The molecule has 0 spiro atoms. The second-order valence-electron chi connectivity index (χ2n) is 7.12. The predicted molar refractivity (Wildman–Crippen MR) is 112 cm³/mol. The number of thioether (sulfide) groups is 1. The Bertz CT molecular complexity index is 466. The Labute approximate surface area is 173 Å². The van der Waals surface area contributed by atoms with Gasteiger partial charge in [0.25, 0.3) is 0 Å². The van der Waals surface area contributed by atoms with Gasteiger partial charge in [0, 0.05) is 24.6 Å². The number of hydrogen-bond acceptors (Lipinski definition) is 7. The minimum absolute atomic E-state index is 0.163. The summed E-state index contributed by atoms with van der Waals surface area (Å²) < 4.78 is 10.1. The fourth-order valence-electron chi connectivity index (χ4n) is 3.42. The third-order valence-corrected chi connectivity index (χ3v) is 6.00. The summed E-state index contributed by atoms with van der Waals surface area (Å²) in [5.74, 6) is 1.73. The molecular formula is C21H37NO5S. The SMILES string of the molecule is CCOC(=O)CCSCCCC(NCCC(=O)C1CCCCC1)C(=O)OCC. The first-order valence-electron chi connectivity index (χ1n) is 10.7. The molecule has 0 amide bonds. The van der Waals surface area contributed by atoms with Crippen molar-refractivity contribution in [3.8, 4) is 0 Å². The summed E-state index contributed by atoms with van der Waals surface area (Å²) in [7, 11) is 0. The molecule has 1 unspecified atom stereocenters. The maximum absolute atomic E-state index is 12.3. The van der Waals surface area contributed by atoms with Crippen LogP contribution in [-0.2, 0) is 23.9 Å². The highest BCUT2D eigenvalue weighted by Gasteiger charge is 2.22. The molecule has 7 heteroatoms. The molecule has 0 aliphatic heterocycles. The van der Waals surface area contributed by atoms with E-state index in [1.165, 1.54) is 6.42 Å². The topological polar surface area (TPSA) is 81.7 Å². The Balaban J connectivity index is 2.24. The minimum Gasteiger partial charge on any atom is -0.466 e. The zero-order valence-electron chi connectivity index (χ0n) is 17.5. The lowest BCUT2D eigenvalue weighted by Gasteiger charge is -2.21. The normalized spacial score (nSPS) is 15.8. The number of hydrogen-bond donors (Lipinski definition) is 1. The number of carbonyl (C=O) groups excluding carboxylic acids is 3. The highest BCUT2D eigenvalue weighted by molar-refractivity contribution is 7.99. The largest absolute Gasteiger partial charge is 0.466 e. The van der Waals surface area contributed by atoms with Gasteiger partial charge in [-0.15, -0.1) is 0 Å². The van der Waals surface area contributed by atoms with Gasteiger partial charge in [-0.25, -0.2) is 0 Å². The van der Waals surface area contributed by atoms with Crippen LogP contribution < -0.4 is 5.32 Å². The first kappa shape index (κ1) is 25.0. The van der Waals surface area contributed by atoms with Gasteiger partial charge in [0.15, 0.2) is 0 Å². The molecule has 0 heterocycles. The maximum atomic E-state index is 12.3. The molecule has 28 heavy (non-hydrogen) atoms. The van der Waals surface area contributed by atoms with Crippen molar-refractivity contribution in [2.45, 2.75) is 77.7 Å². The lowest BCUT2D eigenvalue weighted by Crippen LogP contribution is -2.39. The van der Waals surface area contributed by atoms with E-state index in [1.807, 2.05) is 0 Å². The number of esters is 2. The average molecular weight is 416 g/mol. The van der Waals surface area contributed by atoms with Gasteiger partial charge in [-0.2, -0.15) is 11.8 Å². The Morgan fingerprint density at radius 3 is 2.39 bits per heavy atom. The summed E-state index contributed by atoms with van der Waals surface area (Å²) in [6.07, 6.45) is 8.00. The van der Waals surface area contributed by atoms with Crippen LogP contribution in [0.25, 0.3) is 0 Å². The Morgan fingerprint density at radius 2 is 1.71 bits per heavy atom. The molecule has 0 aromatic heterocycles. The van der Waals surface area contributed by atoms with Crippen molar-refractivity contribution in [3.05, 3.63) is 0 Å². The molecule has 1 rings (SSSR count). The molecule has 0 radical (unpaired) electrons. The minimum atomic E-state index is -0.371. The predicted octanol–water partition coefficient (Wildman–Crippen LogP) is 3.51. The Morgan fingerprint density at radius 1 is 1.00 bits per heavy atom. The lowest BCUT2D eigenvalue weighted by molar-refractivity contribution is -0.146. The van der Waals surface area contributed by atoms with E-state index in [4.69, 9.17) is 9.47 Å². The second kappa shape index (κ2) is 15.8. The van der Waals surface area contributed by atoms with Crippen molar-refractivity contribution in [1.29, 1.82) is 0 Å². The third kappa shape index (κ3) is 11.1. The Hall–Kier alpha value is -1.08. The van der Waals surface area contributed by atoms with Crippen LogP contribution in [0.5, 0.6) is 0 Å². The van der Waals surface area contributed by atoms with E-state index in [2.05, 4.69) is 5.32 Å². The summed E-state index contributed by atoms with van der Waals surface area (Å²) >= 11 is 1.69. The van der Waals surface area contributed by atoms with Crippen LogP contribution in [0.2, 0.25) is 0 Å². The van der Waals surface area contributed by atoms with E-state index in [1.54, 1.807) is 25.6 Å². The van der Waals surface area contributed by atoms with Crippen LogP contribution in [0, 0.1) is 5.92 Å². The lowest BCUT2D eigenvalue weighted by atomic mass is 9.85. The van der Waals surface area contributed by atoms with E-state index in [0.717, 1.165) is 43.6 Å². The standard InChI is InChI=1S/C21H37NO5S/c1-3-26-20(24)13-16-28-15-8-11-18(21(25)27-4-2)22-14-12-19(23)17-9-6-5-7-10-17/h17-18,22H,3-16H2,1-2H3. The molecule has 0 bridgehead atoms. The number of ether oxygens (including phenoxy) is 2. The zero-order valence-corrected chi connectivity index (χ0v) is 18.3. The van der Waals surface area contributed by atoms with Gasteiger partial charge >= 0.3 is 11.9 Å². The zero-order chi connectivity index (χ0) is 20.6. The first-order valence-corrected chi connectivity index (χ1v) is 11.9. The third-order valence-electron chi connectivity index (χ3n) is 4.93. The van der Waals surface area contributed by atoms with Gasteiger partial charge in [-0.05, 0) is 45.3 Å². The van der Waals surface area contributed by atoms with Gasteiger partial charge in [0.2, 0.25) is 0 Å². The quantitative estimate of drug-likeness (QED) is 0.324. The molecule has 0 saturated heterocycles. The smallest absolute Gasteiger partial charge is 0.323 e. The number of carbonyl (C=O) groups is 3. The van der Waals surface area contributed by atoms with Crippen LogP contribution in [0.15, 0.2) is 0 Å². The van der Waals surface area contributed by atoms with E-state index in [0.29, 0.717) is 44.8 Å². The molecule has 1 aliphatic rings. The highest BCUT2D eigenvalue weighted by Crippen LogP contribution is 2.25. The van der Waals surface area contributed by atoms with Crippen LogP contribution in [-0.4, -0.2) is 55.0 Å². The molecule has 1 fully saturated rings. The molecule has 1 N–H and O–H groups in total. The average Bonchev–Trinajstić information content (AvgIpc) is 2.70. The fourth-order valence-corrected chi connectivity index (χ4v) is 4.31. The molecule has 162 valence electrons. The van der Waals surface area contributed by atoms with Gasteiger partial charge in [-0.3, -0.25) is 14.4 Å². The molecule has 0 aromatic rings. The van der Waals surface area contributed by atoms with Crippen LogP contribution in [0.3, 0.4) is 0 Å². The van der Waals surface area contributed by atoms with E-state index in [-0.39, 0.29) is 23.9 Å². The van der Waals surface area contributed by atoms with Gasteiger partial charge in [0.05, 0.1) is 19.6 Å². The molecular weight excluding hydrogens is 378 g/mol. The van der Waals surface area contributed by atoms with Gasteiger partial charge in [-0.1, -0.05) is 19.3 Å². The van der Waals surface area contributed by atoms with Crippen LogP contribution >= 0.6 is 11.8 Å². The second-order valence-corrected chi connectivity index (χ2v) is 8.34. The molecule has 6 nitrogen and oxygen atoms in total. The Kier molecular flexibility index (Phi) is 14.1. The van der Waals surface area contributed by atoms with Crippen LogP contribution in [0.4, 0.5) is 0 Å². The van der Waals surface area contributed by atoms with Crippen LogP contribution in [0.1, 0.15) is 71.6 Å². The summed E-state index contributed by atoms with van der Waals surface area (Å²) in [4.78, 5) is 35.8. The van der Waals surface area contributed by atoms with Crippen molar-refractivity contribution in [2.24, 2.45) is 5.92 Å². The van der Waals surface area contributed by atoms with Crippen molar-refractivity contribution in [3.63, 3.8) is 0 Å². The molecule has 1 aliphatic carbocycles.